The Hall–Kier alpha value is -2.57. The summed E-state index contributed by atoms with van der Waals surface area (Å²) in [4.78, 5) is 17.2. The highest BCUT2D eigenvalue weighted by Gasteiger charge is 2.31. The smallest absolute Gasteiger partial charge is 0.355 e. The number of thiazole rings is 1. The summed E-state index contributed by atoms with van der Waals surface area (Å²) in [5, 5.41) is 16.1. The van der Waals surface area contributed by atoms with E-state index in [1.807, 2.05) is 6.07 Å². The van der Waals surface area contributed by atoms with E-state index in [0.29, 0.717) is 43.4 Å². The van der Waals surface area contributed by atoms with Crippen molar-refractivity contribution in [1.29, 1.82) is 0 Å². The molecule has 0 aliphatic carbocycles. The summed E-state index contributed by atoms with van der Waals surface area (Å²) in [6.45, 7) is 3.79. The molecule has 1 unspecified atom stereocenters. The number of carboxylic acid groups (broad SMARTS) is 1. The van der Waals surface area contributed by atoms with Gasteiger partial charge in [0.25, 0.3) is 0 Å². The van der Waals surface area contributed by atoms with Gasteiger partial charge in [0.15, 0.2) is 5.69 Å². The lowest BCUT2D eigenvalue weighted by atomic mass is 10.0. The predicted molar refractivity (Wildman–Crippen MR) is 145 cm³/mol. The zero-order valence-corrected chi connectivity index (χ0v) is 23.0. The molecule has 1 aliphatic rings. The van der Waals surface area contributed by atoms with Crippen LogP contribution in [0.25, 0.3) is 27.5 Å². The second-order valence-electron chi connectivity index (χ2n) is 8.22. The number of fused-ring (bicyclic) bond motifs is 3. The van der Waals surface area contributed by atoms with E-state index in [0.717, 1.165) is 21.6 Å². The first kappa shape index (κ1) is 25.1. The van der Waals surface area contributed by atoms with Gasteiger partial charge in [0.1, 0.15) is 0 Å². The first-order valence-corrected chi connectivity index (χ1v) is 14.9. The molecule has 4 aromatic rings. The first-order valence-electron chi connectivity index (χ1n) is 10.5. The Bertz CT molecular complexity index is 1650. The molecule has 3 heterocycles. The van der Waals surface area contributed by atoms with Crippen LogP contribution in [0, 0.1) is 6.92 Å². The third-order valence-corrected chi connectivity index (χ3v) is 9.28. The fourth-order valence-electron chi connectivity index (χ4n) is 4.09. The van der Waals surface area contributed by atoms with Crippen molar-refractivity contribution in [3.05, 3.63) is 63.4 Å². The van der Waals surface area contributed by atoms with Crippen LogP contribution in [0.15, 0.2) is 40.6 Å². The third-order valence-electron chi connectivity index (χ3n) is 5.58. The van der Waals surface area contributed by atoms with Crippen LogP contribution in [0.5, 0.6) is 0 Å². The molecule has 0 radical (unpaired) electrons. The van der Waals surface area contributed by atoms with E-state index in [1.54, 1.807) is 49.0 Å². The summed E-state index contributed by atoms with van der Waals surface area (Å²) >= 11 is 15.5. The SMILES string of the molecule is Cc1nn(-c2nc3c(s2)SC(C)c2cc(Cl)c(Cl)cc2-3)c(C(=O)O)c1-c1ccc(NS(C)(=O)=O)cc1. The number of aryl methyl sites for hydroxylation is 1. The monoisotopic (exact) mass is 580 g/mol. The number of aromatic nitrogens is 3. The fourth-order valence-corrected chi connectivity index (χ4v) is 7.52. The summed E-state index contributed by atoms with van der Waals surface area (Å²) < 4.78 is 27.7. The topological polar surface area (TPSA) is 114 Å². The highest BCUT2D eigenvalue weighted by atomic mass is 35.5. The van der Waals surface area contributed by atoms with Gasteiger partial charge in [-0.15, -0.1) is 11.8 Å². The van der Waals surface area contributed by atoms with Gasteiger partial charge in [-0.3, -0.25) is 4.72 Å². The van der Waals surface area contributed by atoms with E-state index in [1.165, 1.54) is 16.0 Å². The average Bonchev–Trinajstić information content (AvgIpc) is 3.36. The molecule has 0 spiro atoms. The molecule has 0 bridgehead atoms. The summed E-state index contributed by atoms with van der Waals surface area (Å²) in [5.41, 5.74) is 4.45. The van der Waals surface area contributed by atoms with Crippen LogP contribution in [-0.2, 0) is 10.0 Å². The Balaban J connectivity index is 1.62. The molecule has 1 aliphatic heterocycles. The number of nitrogens with one attached hydrogen (secondary N) is 1. The maximum absolute atomic E-state index is 12.4. The number of nitrogens with zero attached hydrogens (tertiary/aromatic N) is 3. The van der Waals surface area contributed by atoms with Crippen molar-refractivity contribution < 1.29 is 18.3 Å². The second-order valence-corrected chi connectivity index (χ2v) is 13.4. The van der Waals surface area contributed by atoms with Crippen molar-refractivity contribution in [2.24, 2.45) is 0 Å². The van der Waals surface area contributed by atoms with Crippen molar-refractivity contribution in [3.63, 3.8) is 0 Å². The molecule has 0 saturated carbocycles. The molecule has 1 atom stereocenters. The van der Waals surface area contributed by atoms with Crippen LogP contribution < -0.4 is 4.72 Å². The molecule has 36 heavy (non-hydrogen) atoms. The van der Waals surface area contributed by atoms with Crippen LogP contribution in [-0.4, -0.2) is 40.5 Å². The second kappa shape index (κ2) is 9.07. The minimum atomic E-state index is -3.43. The number of hydrogen-bond acceptors (Lipinski definition) is 7. The Morgan fingerprint density at radius 3 is 2.47 bits per heavy atom. The number of rotatable bonds is 5. The zero-order valence-electron chi connectivity index (χ0n) is 19.0. The molecule has 2 aromatic heterocycles. The number of sulfonamides is 1. The molecule has 8 nitrogen and oxygen atoms in total. The Labute approximate surface area is 225 Å². The van der Waals surface area contributed by atoms with Gasteiger partial charge in [0, 0.05) is 22.1 Å². The lowest BCUT2D eigenvalue weighted by molar-refractivity contribution is 0.0688. The zero-order chi connectivity index (χ0) is 25.9. The lowest BCUT2D eigenvalue weighted by Crippen LogP contribution is -2.10. The quantitative estimate of drug-likeness (QED) is 0.276. The highest BCUT2D eigenvalue weighted by molar-refractivity contribution is 8.01. The number of halogens is 2. The van der Waals surface area contributed by atoms with E-state index < -0.39 is 16.0 Å². The number of aromatic carboxylic acids is 1. The molecular formula is C23H18Cl2N4O4S3. The van der Waals surface area contributed by atoms with Crippen LogP contribution >= 0.6 is 46.3 Å². The average molecular weight is 582 g/mol. The van der Waals surface area contributed by atoms with Crippen molar-refractivity contribution >= 4 is 68.0 Å². The molecular weight excluding hydrogens is 563 g/mol. The van der Waals surface area contributed by atoms with E-state index in [-0.39, 0.29) is 10.9 Å². The van der Waals surface area contributed by atoms with Gasteiger partial charge in [-0.1, -0.05) is 46.7 Å². The molecule has 0 fully saturated rings. The van der Waals surface area contributed by atoms with Gasteiger partial charge in [0.05, 0.1) is 31.9 Å². The van der Waals surface area contributed by atoms with E-state index in [9.17, 15) is 18.3 Å². The Kier molecular flexibility index (Phi) is 6.32. The molecule has 186 valence electrons. The maximum atomic E-state index is 12.4. The van der Waals surface area contributed by atoms with Crippen LogP contribution in [0.2, 0.25) is 10.0 Å². The number of benzene rings is 2. The van der Waals surface area contributed by atoms with Crippen molar-refractivity contribution in [2.75, 3.05) is 11.0 Å². The van der Waals surface area contributed by atoms with Gasteiger partial charge in [-0.2, -0.15) is 9.78 Å². The van der Waals surface area contributed by atoms with Crippen LogP contribution in [0.4, 0.5) is 5.69 Å². The summed E-state index contributed by atoms with van der Waals surface area (Å²) in [6, 6.07) is 10.1. The summed E-state index contributed by atoms with van der Waals surface area (Å²) in [5.74, 6) is -1.16. The predicted octanol–water partition coefficient (Wildman–Crippen LogP) is 6.51. The summed E-state index contributed by atoms with van der Waals surface area (Å²) in [7, 11) is -3.43. The summed E-state index contributed by atoms with van der Waals surface area (Å²) in [6.07, 6.45) is 1.06. The normalized spacial score (nSPS) is 14.9. The highest BCUT2D eigenvalue weighted by Crippen LogP contribution is 2.53. The number of carboxylic acids is 1. The van der Waals surface area contributed by atoms with Crippen molar-refractivity contribution in [3.8, 4) is 27.5 Å². The van der Waals surface area contributed by atoms with E-state index in [4.69, 9.17) is 28.2 Å². The van der Waals surface area contributed by atoms with Gasteiger partial charge in [-0.05, 0) is 49.2 Å². The number of hydrogen-bond donors (Lipinski definition) is 2. The van der Waals surface area contributed by atoms with Gasteiger partial charge < -0.3 is 5.11 Å². The van der Waals surface area contributed by atoms with Crippen molar-refractivity contribution in [1.82, 2.24) is 14.8 Å². The molecule has 13 heteroatoms. The largest absolute Gasteiger partial charge is 0.476 e. The third kappa shape index (κ3) is 4.50. The number of thioether (sulfide) groups is 1. The minimum Gasteiger partial charge on any atom is -0.476 e. The van der Waals surface area contributed by atoms with Crippen molar-refractivity contribution in [2.45, 2.75) is 23.3 Å². The minimum absolute atomic E-state index is 0.0326. The first-order chi connectivity index (χ1) is 16.9. The molecule has 2 N–H and O–H groups in total. The van der Waals surface area contributed by atoms with Gasteiger partial charge >= 0.3 is 5.97 Å². The number of anilines is 1. The lowest BCUT2D eigenvalue weighted by Gasteiger charge is -2.21. The molecule has 0 amide bonds. The Morgan fingerprint density at radius 2 is 1.83 bits per heavy atom. The molecule has 2 aromatic carbocycles. The van der Waals surface area contributed by atoms with Crippen LogP contribution in [0.1, 0.15) is 33.9 Å². The fraction of sp³-hybridized carbons (Fsp3) is 0.174. The number of carbonyl (C=O) groups is 1. The standard InChI is InChI=1S/C23H18Cl2N4O4S3/c1-10-18(12-4-6-13(7-5-12)28-36(3,32)33)20(21(30)31)29(27-10)23-26-19-15-9-17(25)16(24)8-14(15)11(2)34-22(19)35-23/h4-9,11,28H,1-3H3,(H,30,31). The molecule has 0 saturated heterocycles. The maximum Gasteiger partial charge on any atom is 0.355 e. The van der Waals surface area contributed by atoms with Gasteiger partial charge in [-0.25, -0.2) is 18.2 Å². The van der Waals surface area contributed by atoms with Crippen LogP contribution in [0.3, 0.4) is 0 Å². The molecule has 5 rings (SSSR count). The van der Waals surface area contributed by atoms with Gasteiger partial charge in [0.2, 0.25) is 15.2 Å². The Morgan fingerprint density at radius 1 is 1.17 bits per heavy atom. The van der Waals surface area contributed by atoms with E-state index >= 15 is 0 Å². The van der Waals surface area contributed by atoms with E-state index in [2.05, 4.69) is 16.7 Å².